The number of hydrogen-bond acceptors (Lipinski definition) is 3. The highest BCUT2D eigenvalue weighted by molar-refractivity contribution is 7.11. The van der Waals surface area contributed by atoms with Crippen LogP contribution in [0.3, 0.4) is 0 Å². The van der Waals surface area contributed by atoms with Crippen molar-refractivity contribution in [2.75, 3.05) is 14.1 Å². The van der Waals surface area contributed by atoms with Crippen molar-refractivity contribution in [1.29, 1.82) is 0 Å². The summed E-state index contributed by atoms with van der Waals surface area (Å²) in [5.74, 6) is 1.44. The Morgan fingerprint density at radius 2 is 2.18 bits per heavy atom. The van der Waals surface area contributed by atoms with Gasteiger partial charge in [0.1, 0.15) is 5.01 Å². The molecule has 0 bridgehead atoms. The summed E-state index contributed by atoms with van der Waals surface area (Å²) in [4.78, 5) is 10.4. The van der Waals surface area contributed by atoms with E-state index in [9.17, 15) is 0 Å². The smallest absolute Gasteiger partial charge is 0.191 e. The molecular formula is C17H22N4S. The van der Waals surface area contributed by atoms with Crippen molar-refractivity contribution in [2.45, 2.75) is 31.7 Å². The van der Waals surface area contributed by atoms with E-state index in [1.807, 2.05) is 18.4 Å². The van der Waals surface area contributed by atoms with Gasteiger partial charge in [0.2, 0.25) is 0 Å². The molecule has 116 valence electrons. The monoisotopic (exact) mass is 314 g/mol. The Hall–Kier alpha value is -1.88. The van der Waals surface area contributed by atoms with E-state index >= 15 is 0 Å². The van der Waals surface area contributed by atoms with E-state index in [4.69, 9.17) is 4.98 Å². The van der Waals surface area contributed by atoms with Gasteiger partial charge in [-0.05, 0) is 30.7 Å². The number of aryl methyl sites for hydroxylation is 1. The zero-order valence-electron chi connectivity index (χ0n) is 13.1. The molecular weight excluding hydrogens is 292 g/mol. The summed E-state index contributed by atoms with van der Waals surface area (Å²) in [6, 6.07) is 10.8. The van der Waals surface area contributed by atoms with Gasteiger partial charge in [0.05, 0.1) is 12.2 Å². The van der Waals surface area contributed by atoms with Crippen molar-refractivity contribution in [2.24, 2.45) is 4.99 Å². The van der Waals surface area contributed by atoms with Crippen LogP contribution in [0.1, 0.15) is 33.5 Å². The van der Waals surface area contributed by atoms with Gasteiger partial charge in [-0.15, -0.1) is 11.3 Å². The van der Waals surface area contributed by atoms with E-state index in [2.05, 4.69) is 46.0 Å². The first kappa shape index (κ1) is 15.0. The quantitative estimate of drug-likeness (QED) is 0.676. The maximum atomic E-state index is 4.79. The highest BCUT2D eigenvalue weighted by Gasteiger charge is 2.23. The van der Waals surface area contributed by atoms with E-state index in [1.165, 1.54) is 22.6 Å². The Kier molecular flexibility index (Phi) is 4.73. The molecule has 0 spiro atoms. The normalized spacial score (nSPS) is 17.9. The third-order valence-electron chi connectivity index (χ3n) is 4.12. The molecule has 2 aromatic rings. The summed E-state index contributed by atoms with van der Waals surface area (Å²) >= 11 is 1.84. The van der Waals surface area contributed by atoms with Crippen LogP contribution in [0.5, 0.6) is 0 Å². The zero-order valence-corrected chi connectivity index (χ0v) is 13.9. The summed E-state index contributed by atoms with van der Waals surface area (Å²) in [5.41, 5.74) is 2.75. The first-order valence-electron chi connectivity index (χ1n) is 7.71. The minimum atomic E-state index is 0.639. The van der Waals surface area contributed by atoms with Gasteiger partial charge in [0.25, 0.3) is 0 Å². The number of guanidine groups is 1. The fourth-order valence-corrected chi connectivity index (χ4v) is 4.09. The maximum Gasteiger partial charge on any atom is 0.191 e. The van der Waals surface area contributed by atoms with Crippen LogP contribution in [0.2, 0.25) is 0 Å². The zero-order chi connectivity index (χ0) is 15.4. The number of hydrogen-bond donors (Lipinski definition) is 2. The molecule has 0 saturated carbocycles. The third kappa shape index (κ3) is 3.30. The topological polar surface area (TPSA) is 49.3 Å². The fourth-order valence-electron chi connectivity index (χ4n) is 2.95. The van der Waals surface area contributed by atoms with Gasteiger partial charge in [0.15, 0.2) is 5.96 Å². The largest absolute Gasteiger partial charge is 0.359 e. The third-order valence-corrected chi connectivity index (χ3v) is 5.24. The van der Waals surface area contributed by atoms with E-state index < -0.39 is 0 Å². The minimum absolute atomic E-state index is 0.639. The number of nitrogens with zero attached hydrogens (tertiary/aromatic N) is 2. The maximum absolute atomic E-state index is 4.79. The molecule has 1 atom stereocenters. The molecule has 0 saturated heterocycles. The first-order chi connectivity index (χ1) is 10.8. The number of nitrogens with one attached hydrogen (secondary N) is 2. The van der Waals surface area contributed by atoms with Crippen LogP contribution >= 0.6 is 11.3 Å². The Balaban J connectivity index is 1.68. The van der Waals surface area contributed by atoms with Crippen molar-refractivity contribution in [3.63, 3.8) is 0 Å². The number of benzene rings is 1. The first-order valence-corrected chi connectivity index (χ1v) is 8.52. The minimum Gasteiger partial charge on any atom is -0.359 e. The van der Waals surface area contributed by atoms with Gasteiger partial charge in [-0.2, -0.15) is 0 Å². The molecule has 3 rings (SSSR count). The molecule has 5 heteroatoms. The Bertz CT molecular complexity index is 648. The number of aromatic nitrogens is 1. The molecule has 0 radical (unpaired) electrons. The predicted molar refractivity (Wildman–Crippen MR) is 92.6 cm³/mol. The highest BCUT2D eigenvalue weighted by atomic mass is 32.1. The van der Waals surface area contributed by atoms with Crippen molar-refractivity contribution in [1.82, 2.24) is 15.6 Å². The average Bonchev–Trinajstić information content (AvgIpc) is 2.98. The molecule has 1 aromatic carbocycles. The molecule has 1 heterocycles. The molecule has 1 aliphatic carbocycles. The van der Waals surface area contributed by atoms with E-state index in [0.717, 1.165) is 30.4 Å². The van der Waals surface area contributed by atoms with Gasteiger partial charge in [-0.25, -0.2) is 4.98 Å². The van der Waals surface area contributed by atoms with Crippen LogP contribution in [0.25, 0.3) is 0 Å². The summed E-state index contributed by atoms with van der Waals surface area (Å²) in [6.45, 7) is 0.737. The van der Waals surface area contributed by atoms with Crippen molar-refractivity contribution in [3.05, 3.63) is 51.5 Å². The van der Waals surface area contributed by atoms with E-state index in [-0.39, 0.29) is 0 Å². The standard InChI is InChI=1S/C17H22N4S/c1-18-17(19-2)20-11-16-21-14-9-8-13(10-15(14)22-16)12-6-4-3-5-7-12/h3-7,13H,8-11H2,1-2H3,(H2,18,19,20). The molecule has 2 N–H and O–H groups in total. The van der Waals surface area contributed by atoms with Crippen molar-refractivity contribution >= 4 is 17.3 Å². The number of rotatable bonds is 3. The van der Waals surface area contributed by atoms with Crippen molar-refractivity contribution in [3.8, 4) is 0 Å². The molecule has 0 aliphatic heterocycles. The van der Waals surface area contributed by atoms with Crippen LogP contribution in [0.15, 0.2) is 35.3 Å². The van der Waals surface area contributed by atoms with Crippen LogP contribution in [0, 0.1) is 0 Å². The number of fused-ring (bicyclic) bond motifs is 1. The number of aliphatic imine (C=N–C) groups is 1. The van der Waals surface area contributed by atoms with Crippen LogP contribution < -0.4 is 10.6 Å². The van der Waals surface area contributed by atoms with Crippen LogP contribution in [-0.4, -0.2) is 25.0 Å². The average molecular weight is 314 g/mol. The fraction of sp³-hybridized carbons (Fsp3) is 0.412. The van der Waals surface area contributed by atoms with Gasteiger partial charge >= 0.3 is 0 Å². The molecule has 1 aromatic heterocycles. The van der Waals surface area contributed by atoms with Gasteiger partial charge in [0, 0.05) is 19.0 Å². The summed E-state index contributed by atoms with van der Waals surface area (Å²) < 4.78 is 0. The Morgan fingerprint density at radius 1 is 1.36 bits per heavy atom. The highest BCUT2D eigenvalue weighted by Crippen LogP contribution is 2.35. The predicted octanol–water partition coefficient (Wildman–Crippen LogP) is 2.71. The van der Waals surface area contributed by atoms with E-state index in [0.29, 0.717) is 5.92 Å². The molecule has 1 aliphatic rings. The molecule has 22 heavy (non-hydrogen) atoms. The SMILES string of the molecule is CN=C(NC)NCc1nc2c(s1)CC(c1ccccc1)CC2. The second kappa shape index (κ2) is 6.92. The van der Waals surface area contributed by atoms with E-state index in [1.54, 1.807) is 7.05 Å². The molecule has 1 unspecified atom stereocenters. The lowest BCUT2D eigenvalue weighted by Gasteiger charge is -2.21. The molecule has 0 fully saturated rings. The summed E-state index contributed by atoms with van der Waals surface area (Å²) in [5, 5.41) is 7.45. The van der Waals surface area contributed by atoms with Crippen molar-refractivity contribution < 1.29 is 0 Å². The Labute approximate surface area is 135 Å². The lowest BCUT2D eigenvalue weighted by molar-refractivity contribution is 0.583. The summed E-state index contributed by atoms with van der Waals surface area (Å²) in [6.07, 6.45) is 3.41. The second-order valence-electron chi connectivity index (χ2n) is 5.50. The lowest BCUT2D eigenvalue weighted by atomic mass is 9.85. The molecule has 0 amide bonds. The lowest BCUT2D eigenvalue weighted by Crippen LogP contribution is -2.34. The van der Waals surface area contributed by atoms with Crippen LogP contribution in [-0.2, 0) is 19.4 Å². The van der Waals surface area contributed by atoms with Gasteiger partial charge < -0.3 is 10.6 Å². The van der Waals surface area contributed by atoms with Crippen LogP contribution in [0.4, 0.5) is 0 Å². The van der Waals surface area contributed by atoms with Gasteiger partial charge in [-0.3, -0.25) is 4.99 Å². The molecule has 4 nitrogen and oxygen atoms in total. The summed E-state index contributed by atoms with van der Waals surface area (Å²) in [7, 11) is 3.64. The Morgan fingerprint density at radius 3 is 2.91 bits per heavy atom. The second-order valence-corrected chi connectivity index (χ2v) is 6.67. The van der Waals surface area contributed by atoms with Gasteiger partial charge in [-0.1, -0.05) is 30.3 Å². The number of thiazole rings is 1.